The van der Waals surface area contributed by atoms with Crippen molar-refractivity contribution in [1.82, 2.24) is 9.13 Å². The molecule has 0 N–H and O–H groups in total. The first-order chi connectivity index (χ1) is 18.3. The van der Waals surface area contributed by atoms with Crippen molar-refractivity contribution in [1.29, 1.82) is 0 Å². The first kappa shape index (κ1) is 25.5. The number of hydrogen-bond acceptors (Lipinski definition) is 6. The Morgan fingerprint density at radius 2 is 1.79 bits per heavy atom. The minimum Gasteiger partial charge on any atom is -0.497 e. The molecule has 2 aromatic carbocycles. The van der Waals surface area contributed by atoms with E-state index in [0.717, 1.165) is 28.2 Å². The van der Waals surface area contributed by atoms with Crippen molar-refractivity contribution in [2.45, 2.75) is 33.7 Å². The van der Waals surface area contributed by atoms with Crippen LogP contribution in [-0.4, -0.2) is 28.8 Å². The van der Waals surface area contributed by atoms with Crippen molar-refractivity contribution in [3.63, 3.8) is 0 Å². The van der Waals surface area contributed by atoms with Crippen LogP contribution in [0.1, 0.15) is 42.4 Å². The monoisotopic (exact) mass is 527 g/mol. The van der Waals surface area contributed by atoms with Crippen LogP contribution in [0, 0.1) is 13.8 Å². The van der Waals surface area contributed by atoms with E-state index in [1.165, 1.54) is 11.3 Å². The predicted molar refractivity (Wildman–Crippen MR) is 149 cm³/mol. The molecule has 4 aromatic rings. The molecule has 194 valence electrons. The highest BCUT2D eigenvalue weighted by molar-refractivity contribution is 7.07. The molecule has 1 aliphatic rings. The summed E-state index contributed by atoms with van der Waals surface area (Å²) in [5, 5.41) is 0. The smallest absolute Gasteiger partial charge is 0.338 e. The number of thiazole rings is 1. The molecule has 0 aliphatic carbocycles. The SMILES string of the molecule is CCOC(=O)C1=C(C)N=c2s/c(=C/c3cc(C)n(-c4ccccc4)c3C)c(=O)n2[C@H]1c1ccc(OC)cc1. The van der Waals surface area contributed by atoms with Crippen LogP contribution in [0.4, 0.5) is 0 Å². The zero-order valence-electron chi connectivity index (χ0n) is 22.0. The van der Waals surface area contributed by atoms with Gasteiger partial charge in [0.25, 0.3) is 5.56 Å². The molecule has 0 amide bonds. The zero-order chi connectivity index (χ0) is 27.0. The summed E-state index contributed by atoms with van der Waals surface area (Å²) in [7, 11) is 1.60. The first-order valence-electron chi connectivity index (χ1n) is 12.4. The third-order valence-electron chi connectivity index (χ3n) is 6.72. The Balaban J connectivity index is 1.69. The van der Waals surface area contributed by atoms with E-state index >= 15 is 0 Å². The van der Waals surface area contributed by atoms with Crippen LogP contribution < -0.4 is 19.6 Å². The summed E-state index contributed by atoms with van der Waals surface area (Å²) in [5.74, 6) is 0.212. The number of carbonyl (C=O) groups excluding carboxylic acids is 1. The lowest BCUT2D eigenvalue weighted by Gasteiger charge is -2.24. The molecule has 2 aromatic heterocycles. The molecule has 1 atom stereocenters. The van der Waals surface area contributed by atoms with Crippen molar-refractivity contribution < 1.29 is 14.3 Å². The second-order valence-electron chi connectivity index (χ2n) is 9.07. The molecular weight excluding hydrogens is 498 g/mol. The van der Waals surface area contributed by atoms with Gasteiger partial charge in [-0.05, 0) is 75.2 Å². The lowest BCUT2D eigenvalue weighted by atomic mass is 9.96. The lowest BCUT2D eigenvalue weighted by molar-refractivity contribution is -0.139. The molecule has 5 rings (SSSR count). The number of allylic oxidation sites excluding steroid dienone is 1. The minimum atomic E-state index is -0.657. The number of rotatable bonds is 6. The molecule has 38 heavy (non-hydrogen) atoms. The summed E-state index contributed by atoms with van der Waals surface area (Å²) in [6.45, 7) is 7.88. The zero-order valence-corrected chi connectivity index (χ0v) is 22.8. The average molecular weight is 528 g/mol. The third-order valence-corrected chi connectivity index (χ3v) is 7.70. The van der Waals surface area contributed by atoms with Gasteiger partial charge in [0.05, 0.1) is 35.6 Å². The van der Waals surface area contributed by atoms with E-state index < -0.39 is 12.0 Å². The number of carbonyl (C=O) groups is 1. The van der Waals surface area contributed by atoms with E-state index in [4.69, 9.17) is 9.47 Å². The number of esters is 1. The number of benzene rings is 2. The second kappa shape index (κ2) is 10.3. The van der Waals surface area contributed by atoms with Gasteiger partial charge in [-0.25, -0.2) is 9.79 Å². The summed E-state index contributed by atoms with van der Waals surface area (Å²) in [6.07, 6.45) is 1.92. The molecular formula is C30H29N3O4S. The number of methoxy groups -OCH3 is 1. The molecule has 3 heterocycles. The standard InChI is InChI=1S/C30H29N3O4S/c1-6-37-29(35)26-19(3)31-30-33(27(26)21-12-14-24(36-5)15-13-21)28(34)25(38-30)17-22-16-18(2)32(20(22)4)23-10-8-7-9-11-23/h7-17,27H,6H2,1-5H3/b25-17+/t27-/m0/s1. The van der Waals surface area contributed by atoms with Gasteiger partial charge in [-0.1, -0.05) is 41.7 Å². The average Bonchev–Trinajstić information content (AvgIpc) is 3.37. The van der Waals surface area contributed by atoms with Gasteiger partial charge < -0.3 is 14.0 Å². The van der Waals surface area contributed by atoms with Gasteiger partial charge >= 0.3 is 5.97 Å². The van der Waals surface area contributed by atoms with Crippen molar-refractivity contribution >= 4 is 23.4 Å². The van der Waals surface area contributed by atoms with E-state index in [1.54, 1.807) is 25.5 Å². The summed E-state index contributed by atoms with van der Waals surface area (Å²) in [5.41, 5.74) is 5.61. The maximum atomic E-state index is 13.9. The normalized spacial score (nSPS) is 15.3. The van der Waals surface area contributed by atoms with E-state index in [1.807, 2.05) is 55.5 Å². The van der Waals surface area contributed by atoms with Crippen LogP contribution in [0.5, 0.6) is 5.75 Å². The maximum absolute atomic E-state index is 13.9. The fourth-order valence-corrected chi connectivity index (χ4v) is 5.98. The molecule has 0 spiro atoms. The van der Waals surface area contributed by atoms with Gasteiger partial charge in [0.15, 0.2) is 4.80 Å². The molecule has 0 saturated heterocycles. The first-order valence-corrected chi connectivity index (χ1v) is 13.2. The quantitative estimate of drug-likeness (QED) is 0.352. The van der Waals surface area contributed by atoms with Crippen molar-refractivity contribution in [3.05, 3.63) is 114 Å². The van der Waals surface area contributed by atoms with E-state index in [9.17, 15) is 9.59 Å². The third kappa shape index (κ3) is 4.41. The van der Waals surface area contributed by atoms with Crippen LogP contribution >= 0.6 is 11.3 Å². The lowest BCUT2D eigenvalue weighted by Crippen LogP contribution is -2.39. The van der Waals surface area contributed by atoms with Crippen molar-refractivity contribution in [3.8, 4) is 11.4 Å². The molecule has 8 heteroatoms. The van der Waals surface area contributed by atoms with Gasteiger partial charge in [0, 0.05) is 17.1 Å². The second-order valence-corrected chi connectivity index (χ2v) is 10.1. The highest BCUT2D eigenvalue weighted by atomic mass is 32.1. The van der Waals surface area contributed by atoms with Crippen LogP contribution in [-0.2, 0) is 9.53 Å². The number of aryl methyl sites for hydroxylation is 1. The molecule has 0 bridgehead atoms. The maximum Gasteiger partial charge on any atom is 0.338 e. The van der Waals surface area contributed by atoms with Gasteiger partial charge in [0.1, 0.15) is 5.75 Å². The number of fused-ring (bicyclic) bond motifs is 1. The molecule has 0 saturated carbocycles. The number of ether oxygens (including phenoxy) is 2. The summed E-state index contributed by atoms with van der Waals surface area (Å²) >= 11 is 1.32. The van der Waals surface area contributed by atoms with E-state index in [2.05, 4.69) is 34.7 Å². The molecule has 0 fully saturated rings. The number of hydrogen-bond donors (Lipinski definition) is 0. The highest BCUT2D eigenvalue weighted by Gasteiger charge is 2.33. The van der Waals surface area contributed by atoms with Crippen LogP contribution in [0.2, 0.25) is 0 Å². The molecule has 0 radical (unpaired) electrons. The van der Waals surface area contributed by atoms with Crippen molar-refractivity contribution in [2.75, 3.05) is 13.7 Å². The number of para-hydroxylation sites is 1. The molecule has 0 unspecified atom stereocenters. The summed E-state index contributed by atoms with van der Waals surface area (Å²) in [6, 6.07) is 18.9. The Bertz CT molecular complexity index is 1720. The predicted octanol–water partition coefficient (Wildman–Crippen LogP) is 4.21. The molecule has 7 nitrogen and oxygen atoms in total. The van der Waals surface area contributed by atoms with Gasteiger partial charge in [0.2, 0.25) is 0 Å². The van der Waals surface area contributed by atoms with Crippen molar-refractivity contribution in [2.24, 2.45) is 4.99 Å². The number of nitrogens with zero attached hydrogens (tertiary/aromatic N) is 3. The minimum absolute atomic E-state index is 0.201. The Morgan fingerprint density at radius 3 is 2.45 bits per heavy atom. The summed E-state index contributed by atoms with van der Waals surface area (Å²) in [4.78, 5) is 32.2. The highest BCUT2D eigenvalue weighted by Crippen LogP contribution is 2.31. The van der Waals surface area contributed by atoms with E-state index in [0.29, 0.717) is 26.4 Å². The number of aromatic nitrogens is 2. The van der Waals surface area contributed by atoms with Gasteiger partial charge in [-0.2, -0.15) is 0 Å². The fourth-order valence-electron chi connectivity index (χ4n) is 4.94. The Morgan fingerprint density at radius 1 is 1.08 bits per heavy atom. The van der Waals surface area contributed by atoms with Gasteiger partial charge in [-0.15, -0.1) is 0 Å². The van der Waals surface area contributed by atoms with Crippen LogP contribution in [0.25, 0.3) is 11.8 Å². The van der Waals surface area contributed by atoms with Crippen LogP contribution in [0.3, 0.4) is 0 Å². The Labute approximate surface area is 224 Å². The molecule has 1 aliphatic heterocycles. The Hall–Kier alpha value is -4.17. The van der Waals surface area contributed by atoms with Gasteiger partial charge in [-0.3, -0.25) is 9.36 Å². The van der Waals surface area contributed by atoms with Crippen LogP contribution in [0.15, 0.2) is 81.7 Å². The largest absolute Gasteiger partial charge is 0.497 e. The fraction of sp³-hybridized carbons (Fsp3) is 0.233. The summed E-state index contributed by atoms with van der Waals surface area (Å²) < 4.78 is 15.0. The topological polar surface area (TPSA) is 74.8 Å². The Kier molecular flexibility index (Phi) is 6.91. The van der Waals surface area contributed by atoms with E-state index in [-0.39, 0.29) is 12.2 Å².